The van der Waals surface area contributed by atoms with Gasteiger partial charge >= 0.3 is 0 Å². The molecule has 0 radical (unpaired) electrons. The second kappa shape index (κ2) is 7.72. The summed E-state index contributed by atoms with van der Waals surface area (Å²) in [6, 6.07) is 0. The van der Waals surface area contributed by atoms with Gasteiger partial charge in [-0.15, -0.1) is 0 Å². The third-order valence-corrected chi connectivity index (χ3v) is 5.86. The summed E-state index contributed by atoms with van der Waals surface area (Å²) in [5, 5.41) is 2.81. The molecule has 2 heterocycles. The topological polar surface area (TPSA) is 71.4 Å². The average Bonchev–Trinajstić information content (AvgIpc) is 2.74. The lowest BCUT2D eigenvalue weighted by Crippen LogP contribution is -2.35. The van der Waals surface area contributed by atoms with Crippen LogP contribution in [0.1, 0.15) is 67.8 Å². The van der Waals surface area contributed by atoms with E-state index in [9.17, 15) is 14.4 Å². The standard InChI is InChI=1S/C22H33N3O3/c1-14(2)13-25-15(3)16(21-17(25)11-22(4,5)12-18(21)26)10-20(28)24-8-6-19(27)23-7-9-24/h14H,6-13H2,1-5H3,(H,23,27). The van der Waals surface area contributed by atoms with Crippen LogP contribution in [0.2, 0.25) is 0 Å². The first-order valence-electron chi connectivity index (χ1n) is 10.4. The molecule has 0 aromatic carbocycles. The number of nitrogens with zero attached hydrogens (tertiary/aromatic N) is 2. The van der Waals surface area contributed by atoms with E-state index in [1.54, 1.807) is 4.90 Å². The van der Waals surface area contributed by atoms with Crippen molar-refractivity contribution in [2.75, 3.05) is 19.6 Å². The third kappa shape index (κ3) is 4.15. The number of rotatable bonds is 4. The van der Waals surface area contributed by atoms with E-state index in [2.05, 4.69) is 37.6 Å². The Kier molecular flexibility index (Phi) is 5.69. The molecule has 6 heteroatoms. The molecule has 1 aromatic heterocycles. The molecule has 1 aromatic rings. The highest BCUT2D eigenvalue weighted by Crippen LogP contribution is 2.39. The molecule has 1 saturated heterocycles. The normalized spacial score (nSPS) is 19.4. The SMILES string of the molecule is Cc1c(CC(=O)N2CCNC(=O)CC2)c2c(n1CC(C)C)CC(C)(C)CC2=O. The number of carbonyl (C=O) groups excluding carboxylic acids is 3. The van der Waals surface area contributed by atoms with Crippen molar-refractivity contribution in [3.63, 3.8) is 0 Å². The Bertz CT molecular complexity index is 804. The molecular weight excluding hydrogens is 354 g/mol. The van der Waals surface area contributed by atoms with Crippen molar-refractivity contribution >= 4 is 17.6 Å². The van der Waals surface area contributed by atoms with Crippen LogP contribution in [-0.4, -0.2) is 46.7 Å². The monoisotopic (exact) mass is 387 g/mol. The minimum Gasteiger partial charge on any atom is -0.354 e. The Morgan fingerprint density at radius 1 is 1.18 bits per heavy atom. The summed E-state index contributed by atoms with van der Waals surface area (Å²) in [5.74, 6) is 0.611. The summed E-state index contributed by atoms with van der Waals surface area (Å²) in [6.45, 7) is 13.0. The van der Waals surface area contributed by atoms with Crippen LogP contribution in [0.25, 0.3) is 0 Å². The molecule has 0 unspecified atom stereocenters. The number of nitrogens with one attached hydrogen (secondary N) is 1. The molecule has 154 valence electrons. The maximum atomic E-state index is 13.0. The zero-order valence-corrected chi connectivity index (χ0v) is 17.9. The lowest BCUT2D eigenvalue weighted by Gasteiger charge is -2.30. The van der Waals surface area contributed by atoms with Crippen LogP contribution in [0.15, 0.2) is 0 Å². The minimum absolute atomic E-state index is 0.00160. The number of ketones is 1. The highest BCUT2D eigenvalue weighted by Gasteiger charge is 2.37. The lowest BCUT2D eigenvalue weighted by molar-refractivity contribution is -0.130. The highest BCUT2D eigenvalue weighted by molar-refractivity contribution is 6.01. The van der Waals surface area contributed by atoms with E-state index in [1.807, 2.05) is 6.92 Å². The molecule has 2 amide bonds. The van der Waals surface area contributed by atoms with Gasteiger partial charge in [-0.2, -0.15) is 0 Å². The van der Waals surface area contributed by atoms with Crippen molar-refractivity contribution in [3.05, 3.63) is 22.5 Å². The van der Waals surface area contributed by atoms with Gasteiger partial charge in [-0.25, -0.2) is 0 Å². The Morgan fingerprint density at radius 2 is 1.89 bits per heavy atom. The summed E-state index contributed by atoms with van der Waals surface area (Å²) < 4.78 is 2.27. The zero-order valence-electron chi connectivity index (χ0n) is 17.9. The van der Waals surface area contributed by atoms with E-state index >= 15 is 0 Å². The van der Waals surface area contributed by atoms with E-state index in [0.717, 1.165) is 35.5 Å². The predicted octanol–water partition coefficient (Wildman–Crippen LogP) is 2.50. The number of fused-ring (bicyclic) bond motifs is 1. The summed E-state index contributed by atoms with van der Waals surface area (Å²) in [7, 11) is 0. The second-order valence-corrected chi connectivity index (χ2v) is 9.49. The smallest absolute Gasteiger partial charge is 0.227 e. The number of carbonyl (C=O) groups is 3. The Hall–Kier alpha value is -2.11. The quantitative estimate of drug-likeness (QED) is 0.863. The molecule has 1 fully saturated rings. The fraction of sp³-hybridized carbons (Fsp3) is 0.682. The van der Waals surface area contributed by atoms with Gasteiger partial charge in [0, 0.05) is 56.0 Å². The van der Waals surface area contributed by atoms with Crippen molar-refractivity contribution in [1.29, 1.82) is 0 Å². The van der Waals surface area contributed by atoms with Crippen LogP contribution in [0.4, 0.5) is 0 Å². The molecule has 1 aliphatic carbocycles. The summed E-state index contributed by atoms with van der Waals surface area (Å²) in [6.07, 6.45) is 1.95. The van der Waals surface area contributed by atoms with Crippen molar-refractivity contribution in [2.24, 2.45) is 11.3 Å². The predicted molar refractivity (Wildman–Crippen MR) is 108 cm³/mol. The molecule has 2 aliphatic rings. The van der Waals surface area contributed by atoms with Crippen LogP contribution in [0.5, 0.6) is 0 Å². The van der Waals surface area contributed by atoms with Gasteiger partial charge in [0.25, 0.3) is 0 Å². The summed E-state index contributed by atoms with van der Waals surface area (Å²) in [5.41, 5.74) is 3.77. The molecule has 3 rings (SSSR count). The van der Waals surface area contributed by atoms with Gasteiger partial charge in [0.1, 0.15) is 0 Å². The molecule has 0 spiro atoms. The van der Waals surface area contributed by atoms with E-state index < -0.39 is 0 Å². The lowest BCUT2D eigenvalue weighted by atomic mass is 9.75. The van der Waals surface area contributed by atoms with Crippen LogP contribution in [-0.2, 0) is 29.0 Å². The van der Waals surface area contributed by atoms with Crippen molar-refractivity contribution in [1.82, 2.24) is 14.8 Å². The number of hydrogen-bond donors (Lipinski definition) is 1. The van der Waals surface area contributed by atoms with Crippen LogP contribution >= 0.6 is 0 Å². The molecule has 6 nitrogen and oxygen atoms in total. The molecular formula is C22H33N3O3. The Morgan fingerprint density at radius 3 is 2.57 bits per heavy atom. The zero-order chi connectivity index (χ0) is 20.6. The van der Waals surface area contributed by atoms with Crippen molar-refractivity contribution in [2.45, 2.75) is 66.8 Å². The maximum absolute atomic E-state index is 13.0. The first-order chi connectivity index (χ1) is 13.1. The molecule has 0 saturated carbocycles. The summed E-state index contributed by atoms with van der Waals surface area (Å²) in [4.78, 5) is 39.4. The number of hydrogen-bond acceptors (Lipinski definition) is 3. The summed E-state index contributed by atoms with van der Waals surface area (Å²) >= 11 is 0. The third-order valence-electron chi connectivity index (χ3n) is 5.86. The largest absolute Gasteiger partial charge is 0.354 e. The van der Waals surface area contributed by atoms with E-state index in [0.29, 0.717) is 38.4 Å². The average molecular weight is 388 g/mol. The van der Waals surface area contributed by atoms with Crippen LogP contribution in [0.3, 0.4) is 0 Å². The van der Waals surface area contributed by atoms with E-state index in [1.165, 1.54) is 0 Å². The van der Waals surface area contributed by atoms with Crippen molar-refractivity contribution < 1.29 is 14.4 Å². The van der Waals surface area contributed by atoms with Gasteiger partial charge in [-0.05, 0) is 30.2 Å². The molecule has 0 bridgehead atoms. The Balaban J connectivity index is 1.95. The van der Waals surface area contributed by atoms with Crippen LogP contribution < -0.4 is 5.32 Å². The van der Waals surface area contributed by atoms with Gasteiger partial charge in [0.2, 0.25) is 11.8 Å². The second-order valence-electron chi connectivity index (χ2n) is 9.49. The number of aromatic nitrogens is 1. The fourth-order valence-electron chi connectivity index (χ4n) is 4.52. The van der Waals surface area contributed by atoms with Crippen molar-refractivity contribution in [3.8, 4) is 0 Å². The minimum atomic E-state index is -0.0539. The van der Waals surface area contributed by atoms with Gasteiger partial charge < -0.3 is 14.8 Å². The molecule has 1 aliphatic heterocycles. The van der Waals surface area contributed by atoms with E-state index in [4.69, 9.17) is 0 Å². The van der Waals surface area contributed by atoms with E-state index in [-0.39, 0.29) is 29.4 Å². The van der Waals surface area contributed by atoms with Gasteiger partial charge in [0.05, 0.1) is 6.42 Å². The van der Waals surface area contributed by atoms with Gasteiger partial charge in [-0.1, -0.05) is 27.7 Å². The van der Waals surface area contributed by atoms with Crippen LogP contribution in [0, 0.1) is 18.3 Å². The first kappa shape index (κ1) is 20.6. The fourth-order valence-corrected chi connectivity index (χ4v) is 4.52. The number of Topliss-reactive ketones (excluding diaryl/α,β-unsaturated/α-hetero) is 1. The van der Waals surface area contributed by atoms with Gasteiger partial charge in [0.15, 0.2) is 5.78 Å². The molecule has 1 N–H and O–H groups in total. The first-order valence-corrected chi connectivity index (χ1v) is 10.4. The molecule has 0 atom stereocenters. The molecule has 28 heavy (non-hydrogen) atoms. The number of amides is 2. The van der Waals surface area contributed by atoms with Gasteiger partial charge in [-0.3, -0.25) is 14.4 Å². The highest BCUT2D eigenvalue weighted by atomic mass is 16.2. The Labute approximate surface area is 167 Å². The maximum Gasteiger partial charge on any atom is 0.227 e.